The Morgan fingerprint density at radius 3 is 1.82 bits per heavy atom. The van der Waals surface area contributed by atoms with E-state index < -0.39 is 9.04 Å². The van der Waals surface area contributed by atoms with Crippen LogP contribution in [0.15, 0.2) is 0 Å². The highest BCUT2D eigenvalue weighted by atomic mass is 28.3. The van der Waals surface area contributed by atoms with Gasteiger partial charge in [-0.2, -0.15) is 0 Å². The lowest BCUT2D eigenvalue weighted by Gasteiger charge is -2.17. The average molecular weight is 174 g/mol. The molecule has 0 aliphatic heterocycles. The highest BCUT2D eigenvalue weighted by molar-refractivity contribution is 6.51. The van der Waals surface area contributed by atoms with Crippen LogP contribution in [-0.4, -0.2) is 15.1 Å². The van der Waals surface area contributed by atoms with E-state index in [1.807, 2.05) is 0 Å². The Bertz CT molecular complexity index is 77.6. The zero-order chi connectivity index (χ0) is 8.69. The average Bonchev–Trinajstić information content (AvgIpc) is 1.87. The lowest BCUT2D eigenvalue weighted by Crippen LogP contribution is -2.21. The maximum atomic E-state index is 5.87. The van der Waals surface area contributed by atoms with E-state index >= 15 is 0 Å². The van der Waals surface area contributed by atoms with Crippen LogP contribution in [0.3, 0.4) is 0 Å². The molecule has 0 aromatic carbocycles. The highest BCUT2D eigenvalue weighted by Crippen LogP contribution is 2.09. The summed E-state index contributed by atoms with van der Waals surface area (Å²) in [4.78, 5) is 0. The number of hydrogen-bond donors (Lipinski definition) is 0. The van der Waals surface area contributed by atoms with Crippen LogP contribution in [0.5, 0.6) is 0 Å². The molecule has 2 heteroatoms. The molecule has 0 amide bonds. The molecule has 0 saturated carbocycles. The normalized spacial score (nSPS) is 11.5. The molecule has 0 spiro atoms. The van der Waals surface area contributed by atoms with Gasteiger partial charge in [0.1, 0.15) is 0 Å². The molecule has 0 rings (SSSR count). The van der Waals surface area contributed by atoms with E-state index in [4.69, 9.17) is 4.43 Å². The summed E-state index contributed by atoms with van der Waals surface area (Å²) in [5.74, 6) is 0. The lowest BCUT2D eigenvalue weighted by atomic mass is 10.5. The van der Waals surface area contributed by atoms with Crippen LogP contribution in [0.1, 0.15) is 40.5 Å². The van der Waals surface area contributed by atoms with Crippen LogP contribution in [0.2, 0.25) is 12.1 Å². The molecule has 0 aromatic heterocycles. The van der Waals surface area contributed by atoms with E-state index in [2.05, 4.69) is 27.7 Å². The van der Waals surface area contributed by atoms with E-state index in [0.29, 0.717) is 6.10 Å². The molecule has 0 aliphatic carbocycles. The van der Waals surface area contributed by atoms with Crippen LogP contribution >= 0.6 is 0 Å². The minimum atomic E-state index is -0.792. The first-order chi connectivity index (χ1) is 5.20. The predicted molar refractivity (Wildman–Crippen MR) is 53.6 cm³/mol. The fourth-order valence-electron chi connectivity index (χ4n) is 1.31. The second kappa shape index (κ2) is 6.86. The molecule has 68 valence electrons. The first kappa shape index (κ1) is 11.2. The van der Waals surface area contributed by atoms with Gasteiger partial charge in [-0.15, -0.1) is 0 Å². The van der Waals surface area contributed by atoms with Gasteiger partial charge in [0, 0.05) is 6.10 Å². The van der Waals surface area contributed by atoms with E-state index in [1.54, 1.807) is 0 Å². The second-order valence-corrected chi connectivity index (χ2v) is 6.06. The standard InChI is InChI=1S/C9H22OSi/c1-5-7-11(8-6-2)10-9(3)4/h9,11H,5-8H2,1-4H3. The molecule has 0 aromatic rings. The van der Waals surface area contributed by atoms with Crippen molar-refractivity contribution in [2.75, 3.05) is 0 Å². The lowest BCUT2D eigenvalue weighted by molar-refractivity contribution is 0.240. The van der Waals surface area contributed by atoms with Crippen LogP contribution < -0.4 is 0 Å². The van der Waals surface area contributed by atoms with Crippen molar-refractivity contribution in [1.29, 1.82) is 0 Å². The third-order valence-corrected chi connectivity index (χ3v) is 5.06. The van der Waals surface area contributed by atoms with Gasteiger partial charge in [-0.3, -0.25) is 0 Å². The molecule has 0 aliphatic rings. The molecule has 0 atom stereocenters. The summed E-state index contributed by atoms with van der Waals surface area (Å²) in [6.07, 6.45) is 3.04. The molecular formula is C9H22OSi. The van der Waals surface area contributed by atoms with Gasteiger partial charge in [-0.25, -0.2) is 0 Å². The molecule has 0 bridgehead atoms. The summed E-state index contributed by atoms with van der Waals surface area (Å²) >= 11 is 0. The molecule has 0 fully saturated rings. The minimum absolute atomic E-state index is 0.449. The van der Waals surface area contributed by atoms with Gasteiger partial charge in [-0.1, -0.05) is 26.7 Å². The van der Waals surface area contributed by atoms with E-state index in [1.165, 1.54) is 24.9 Å². The maximum Gasteiger partial charge on any atom is 0.177 e. The zero-order valence-electron chi connectivity index (χ0n) is 8.39. The van der Waals surface area contributed by atoms with Crippen molar-refractivity contribution in [3.8, 4) is 0 Å². The summed E-state index contributed by atoms with van der Waals surface area (Å²) in [7, 11) is -0.792. The molecule has 1 nitrogen and oxygen atoms in total. The van der Waals surface area contributed by atoms with Gasteiger partial charge in [0.15, 0.2) is 9.04 Å². The Kier molecular flexibility index (Phi) is 6.97. The fraction of sp³-hybridized carbons (Fsp3) is 1.00. The first-order valence-electron chi connectivity index (χ1n) is 4.86. The highest BCUT2D eigenvalue weighted by Gasteiger charge is 2.10. The summed E-state index contributed by atoms with van der Waals surface area (Å²) in [5, 5.41) is 0. The monoisotopic (exact) mass is 174 g/mol. The van der Waals surface area contributed by atoms with Crippen molar-refractivity contribution >= 4 is 9.04 Å². The van der Waals surface area contributed by atoms with Crippen molar-refractivity contribution in [1.82, 2.24) is 0 Å². The summed E-state index contributed by atoms with van der Waals surface area (Å²) < 4.78 is 5.87. The third-order valence-electron chi connectivity index (χ3n) is 1.69. The summed E-state index contributed by atoms with van der Waals surface area (Å²) in [6.45, 7) is 8.79. The number of rotatable bonds is 6. The Morgan fingerprint density at radius 1 is 1.09 bits per heavy atom. The van der Waals surface area contributed by atoms with E-state index in [-0.39, 0.29) is 0 Å². The smallest absolute Gasteiger partial charge is 0.177 e. The van der Waals surface area contributed by atoms with Gasteiger partial charge in [0.25, 0.3) is 0 Å². The third kappa shape index (κ3) is 6.57. The molecule has 0 N–H and O–H groups in total. The van der Waals surface area contributed by atoms with E-state index in [0.717, 1.165) is 0 Å². The van der Waals surface area contributed by atoms with Gasteiger partial charge in [0.2, 0.25) is 0 Å². The van der Waals surface area contributed by atoms with Crippen molar-refractivity contribution in [3.63, 3.8) is 0 Å². The largest absolute Gasteiger partial charge is 0.418 e. The molecule has 0 heterocycles. The Labute approximate surface area is 72.9 Å². The van der Waals surface area contributed by atoms with Gasteiger partial charge in [-0.05, 0) is 25.9 Å². The van der Waals surface area contributed by atoms with Crippen molar-refractivity contribution in [3.05, 3.63) is 0 Å². The fourth-order valence-corrected chi connectivity index (χ4v) is 3.93. The summed E-state index contributed by atoms with van der Waals surface area (Å²) in [6, 6.07) is 2.71. The number of hydrogen-bond acceptors (Lipinski definition) is 1. The van der Waals surface area contributed by atoms with Gasteiger partial charge >= 0.3 is 0 Å². The second-order valence-electron chi connectivity index (χ2n) is 3.38. The zero-order valence-corrected chi connectivity index (χ0v) is 9.55. The Balaban J connectivity index is 3.50. The molecule has 11 heavy (non-hydrogen) atoms. The van der Waals surface area contributed by atoms with Gasteiger partial charge < -0.3 is 4.43 Å². The Morgan fingerprint density at radius 2 is 1.55 bits per heavy atom. The molecule has 0 radical (unpaired) electrons. The quantitative estimate of drug-likeness (QED) is 0.563. The first-order valence-corrected chi connectivity index (χ1v) is 6.96. The topological polar surface area (TPSA) is 9.23 Å². The van der Waals surface area contributed by atoms with Crippen molar-refractivity contribution in [2.24, 2.45) is 0 Å². The van der Waals surface area contributed by atoms with Crippen LogP contribution in [0.4, 0.5) is 0 Å². The molecule has 0 saturated heterocycles. The maximum absolute atomic E-state index is 5.87. The predicted octanol–water partition coefficient (Wildman–Crippen LogP) is 2.96. The summed E-state index contributed by atoms with van der Waals surface area (Å²) in [5.41, 5.74) is 0. The van der Waals surface area contributed by atoms with Crippen LogP contribution in [0, 0.1) is 0 Å². The van der Waals surface area contributed by atoms with Crippen LogP contribution in [0.25, 0.3) is 0 Å². The molecule has 0 unspecified atom stereocenters. The molecular weight excluding hydrogens is 152 g/mol. The SMILES string of the molecule is CCC[SiH](CCC)OC(C)C. The van der Waals surface area contributed by atoms with Gasteiger partial charge in [0.05, 0.1) is 0 Å². The van der Waals surface area contributed by atoms with E-state index in [9.17, 15) is 0 Å². The van der Waals surface area contributed by atoms with Crippen molar-refractivity contribution in [2.45, 2.75) is 58.7 Å². The Hall–Kier alpha value is 0.177. The van der Waals surface area contributed by atoms with Crippen molar-refractivity contribution < 1.29 is 4.43 Å². The minimum Gasteiger partial charge on any atom is -0.418 e. The van der Waals surface area contributed by atoms with Crippen LogP contribution in [-0.2, 0) is 4.43 Å².